The maximum absolute atomic E-state index is 3.91. The van der Waals surface area contributed by atoms with Crippen LogP contribution in [0.25, 0.3) is 11.2 Å². The molecule has 4 nitrogen and oxygen atoms in total. The van der Waals surface area contributed by atoms with Crippen LogP contribution in [0.2, 0.25) is 0 Å². The van der Waals surface area contributed by atoms with Gasteiger partial charge in [-0.3, -0.25) is 0 Å². The van der Waals surface area contributed by atoms with Crippen LogP contribution in [0.4, 0.5) is 0 Å². The van der Waals surface area contributed by atoms with Gasteiger partial charge in [0.25, 0.3) is 0 Å². The zero-order valence-corrected chi connectivity index (χ0v) is 7.92. The summed E-state index contributed by atoms with van der Waals surface area (Å²) in [5.41, 5.74) is 1.59. The van der Waals surface area contributed by atoms with Gasteiger partial charge in [0.1, 0.15) is 11.8 Å². The molecule has 0 spiro atoms. The molecule has 0 radical (unpaired) electrons. The zero-order chi connectivity index (χ0) is 6.10. The van der Waals surface area contributed by atoms with E-state index in [4.69, 9.17) is 0 Å². The van der Waals surface area contributed by atoms with Crippen LogP contribution in [0, 0.1) is 0 Å². The van der Waals surface area contributed by atoms with Gasteiger partial charge in [0.15, 0.2) is 5.65 Å². The Labute approximate surface area is 88.4 Å². The van der Waals surface area contributed by atoms with Crippen molar-refractivity contribution in [3.05, 3.63) is 18.9 Å². The Hall–Kier alpha value is -0.394. The largest absolute Gasteiger partial charge is 2.00 e. The van der Waals surface area contributed by atoms with Crippen molar-refractivity contribution in [2.75, 3.05) is 0 Å². The molecule has 2 rings (SSSR count). The van der Waals surface area contributed by atoms with Crippen molar-refractivity contribution < 1.29 is 2.85 Å². The third-order valence-electron chi connectivity index (χ3n) is 1.10. The number of hydrogen-bond acceptors (Lipinski definition) is 3. The first-order valence-corrected chi connectivity index (χ1v) is 2.56. The van der Waals surface area contributed by atoms with Gasteiger partial charge in [-0.15, -0.1) is 12.4 Å². The van der Waals surface area contributed by atoms with Crippen molar-refractivity contribution in [3.63, 3.8) is 0 Å². The Bertz CT molecular complexity index is 301. The second-order valence-electron chi connectivity index (χ2n) is 1.66. The molecule has 0 saturated carbocycles. The quantitative estimate of drug-likeness (QED) is 0.609. The molecule has 1 N–H and O–H groups in total. The van der Waals surface area contributed by atoms with Crippen LogP contribution in [-0.4, -0.2) is 43.0 Å². The molecule has 2 heterocycles. The maximum Gasteiger partial charge on any atom is 2.00 e. The van der Waals surface area contributed by atoms with Crippen molar-refractivity contribution in [2.45, 2.75) is 0 Å². The summed E-state index contributed by atoms with van der Waals surface area (Å²) in [6.07, 6.45) is 4.76. The summed E-state index contributed by atoms with van der Waals surface area (Å²) in [6.45, 7) is 0. The molecule has 0 unspecified atom stereocenters. The first-order chi connectivity index (χ1) is 4.47. The summed E-state index contributed by atoms with van der Waals surface area (Å²) in [5.74, 6) is 0. The third kappa shape index (κ3) is 2.02. The predicted molar refractivity (Wildman–Crippen MR) is 46.9 cm³/mol. The number of hydrogen-bond donors (Lipinski definition) is 1. The predicted octanol–water partition coefficient (Wildman–Crippen LogP) is 0.619. The van der Waals surface area contributed by atoms with Crippen LogP contribution in [0.5, 0.6) is 0 Å². The van der Waals surface area contributed by atoms with E-state index in [1.165, 1.54) is 6.33 Å². The molecule has 2 aromatic heterocycles. The van der Waals surface area contributed by atoms with Gasteiger partial charge in [0.05, 0.1) is 12.5 Å². The van der Waals surface area contributed by atoms with Crippen LogP contribution >= 0.6 is 12.4 Å². The molecule has 0 amide bonds. The first kappa shape index (κ1) is 10.6. The molecule has 11 heavy (non-hydrogen) atoms. The molecular formula is C5H7ClMgN4. The number of aromatic amines is 1. The van der Waals surface area contributed by atoms with Gasteiger partial charge < -0.3 is 7.84 Å². The average molecular weight is 183 g/mol. The summed E-state index contributed by atoms with van der Waals surface area (Å²) in [5, 5.41) is 0. The second-order valence-corrected chi connectivity index (χ2v) is 1.66. The van der Waals surface area contributed by atoms with Crippen LogP contribution in [-0.2, 0) is 0 Å². The topological polar surface area (TPSA) is 54.5 Å². The Morgan fingerprint density at radius 2 is 2.18 bits per heavy atom. The minimum atomic E-state index is 0. The van der Waals surface area contributed by atoms with E-state index >= 15 is 0 Å². The van der Waals surface area contributed by atoms with Crippen LogP contribution in [0.15, 0.2) is 18.9 Å². The van der Waals surface area contributed by atoms with E-state index in [0.717, 1.165) is 5.52 Å². The van der Waals surface area contributed by atoms with Crippen LogP contribution < -0.4 is 0 Å². The molecule has 0 bridgehead atoms. The van der Waals surface area contributed by atoms with E-state index in [0.29, 0.717) is 5.65 Å². The Balaban J connectivity index is -0.000000250. The minimum Gasteiger partial charge on any atom is -1.00 e. The Morgan fingerprint density at radius 3 is 2.91 bits per heavy atom. The number of halogens is 1. The smallest absolute Gasteiger partial charge is 1.00 e. The van der Waals surface area contributed by atoms with Gasteiger partial charge in [-0.25, -0.2) is 15.0 Å². The number of H-pyrrole nitrogens is 1. The van der Waals surface area contributed by atoms with Gasteiger partial charge in [-0.2, -0.15) is 0 Å². The number of aromatic nitrogens is 4. The number of fused-ring (bicyclic) bond motifs is 1. The number of nitrogens with one attached hydrogen (secondary N) is 1. The van der Waals surface area contributed by atoms with E-state index in [1.54, 1.807) is 12.5 Å². The molecule has 6 heteroatoms. The van der Waals surface area contributed by atoms with Crippen molar-refractivity contribution in [2.24, 2.45) is 0 Å². The van der Waals surface area contributed by atoms with Crippen molar-refractivity contribution in [1.29, 1.82) is 0 Å². The van der Waals surface area contributed by atoms with E-state index < -0.39 is 0 Å². The maximum atomic E-state index is 3.91. The monoisotopic (exact) mass is 182 g/mol. The molecular weight excluding hydrogens is 176 g/mol. The van der Waals surface area contributed by atoms with Crippen LogP contribution in [0.1, 0.15) is 2.85 Å². The Morgan fingerprint density at radius 1 is 1.36 bits per heavy atom. The normalized spacial score (nSPS) is 8.36. The fraction of sp³-hybridized carbons (Fsp3) is 0. The van der Waals surface area contributed by atoms with Gasteiger partial charge >= 0.3 is 23.1 Å². The number of imidazole rings is 1. The van der Waals surface area contributed by atoms with E-state index in [2.05, 4.69) is 19.9 Å². The van der Waals surface area contributed by atoms with Crippen molar-refractivity contribution in [1.82, 2.24) is 19.9 Å². The summed E-state index contributed by atoms with van der Waals surface area (Å²) in [4.78, 5) is 14.5. The molecule has 2 aromatic rings. The molecule has 0 fully saturated rings. The number of rotatable bonds is 0. The summed E-state index contributed by atoms with van der Waals surface area (Å²) < 4.78 is 0. The molecule has 0 aliphatic heterocycles. The molecule has 0 atom stereocenters. The second kappa shape index (κ2) is 4.48. The summed E-state index contributed by atoms with van der Waals surface area (Å²) in [6, 6.07) is 0. The third-order valence-corrected chi connectivity index (χ3v) is 1.10. The van der Waals surface area contributed by atoms with Gasteiger partial charge in [-0.1, -0.05) is 0 Å². The van der Waals surface area contributed by atoms with Crippen LogP contribution in [0.3, 0.4) is 0 Å². The van der Waals surface area contributed by atoms with Crippen molar-refractivity contribution >= 4 is 46.6 Å². The first-order valence-electron chi connectivity index (χ1n) is 2.56. The average Bonchev–Trinajstić information content (AvgIpc) is 2.33. The molecule has 0 aliphatic rings. The molecule has 0 saturated heterocycles. The van der Waals surface area contributed by atoms with Gasteiger partial charge in [0.2, 0.25) is 0 Å². The zero-order valence-electron chi connectivity index (χ0n) is 7.69. The summed E-state index contributed by atoms with van der Waals surface area (Å²) >= 11 is 0. The molecule has 56 valence electrons. The van der Waals surface area contributed by atoms with Gasteiger partial charge in [0, 0.05) is 0 Å². The van der Waals surface area contributed by atoms with E-state index in [9.17, 15) is 0 Å². The standard InChI is InChI=1S/C5H4N4.ClH.Mg.2H/c1-4-5(8-2-6-1)9-3-7-4;;;;/h1-3H,(H,6,7,8,9);1H;;;/q;;+2;2*-1. The van der Waals surface area contributed by atoms with E-state index in [-0.39, 0.29) is 38.3 Å². The SMILES string of the molecule is Cl.[H-].[H-].[Mg+2].c1ncc2[nH]cnc2n1. The fourth-order valence-electron chi connectivity index (χ4n) is 0.691. The number of nitrogens with zero attached hydrogens (tertiary/aromatic N) is 3. The Kier molecular flexibility index (Phi) is 4.32. The van der Waals surface area contributed by atoms with Gasteiger partial charge in [-0.05, 0) is 0 Å². The van der Waals surface area contributed by atoms with Crippen molar-refractivity contribution in [3.8, 4) is 0 Å². The van der Waals surface area contributed by atoms with E-state index in [1.807, 2.05) is 0 Å². The molecule has 0 aromatic carbocycles. The molecule has 0 aliphatic carbocycles. The summed E-state index contributed by atoms with van der Waals surface area (Å²) in [7, 11) is 0. The minimum absolute atomic E-state index is 0. The fourth-order valence-corrected chi connectivity index (χ4v) is 0.691.